The Morgan fingerprint density at radius 3 is 1.69 bits per heavy atom. The fourth-order valence-corrected chi connectivity index (χ4v) is 5.51. The Bertz CT molecular complexity index is 932. The molecular weight excluding hydrogens is 504 g/mol. The van der Waals surface area contributed by atoms with E-state index in [2.05, 4.69) is 42.5 Å². The molecule has 29 heavy (non-hydrogen) atoms. The van der Waals surface area contributed by atoms with Crippen LogP contribution in [-0.4, -0.2) is 29.1 Å². The summed E-state index contributed by atoms with van der Waals surface area (Å²) in [6.45, 7) is 0. The molecular formula is C21H18Br2N2O4. The number of barbiturate groups is 1. The number of halogens is 2. The van der Waals surface area contributed by atoms with Crippen LogP contribution in [0.15, 0.2) is 57.5 Å². The quantitative estimate of drug-likeness (QED) is 0.526. The summed E-state index contributed by atoms with van der Waals surface area (Å²) in [5.74, 6) is -2.48. The molecule has 2 fully saturated rings. The van der Waals surface area contributed by atoms with Crippen molar-refractivity contribution in [3.05, 3.63) is 68.6 Å². The van der Waals surface area contributed by atoms with E-state index in [0.717, 1.165) is 20.1 Å². The zero-order valence-electron chi connectivity index (χ0n) is 15.2. The lowest BCUT2D eigenvalue weighted by atomic mass is 9.54. The van der Waals surface area contributed by atoms with E-state index in [1.54, 1.807) is 0 Å². The molecule has 2 aromatic rings. The first-order valence-electron chi connectivity index (χ1n) is 9.18. The van der Waals surface area contributed by atoms with Crippen molar-refractivity contribution in [3.63, 3.8) is 0 Å². The van der Waals surface area contributed by atoms with Gasteiger partial charge >= 0.3 is 6.03 Å². The van der Waals surface area contributed by atoms with Gasteiger partial charge in [-0.1, -0.05) is 56.1 Å². The van der Waals surface area contributed by atoms with E-state index in [1.165, 1.54) is 0 Å². The van der Waals surface area contributed by atoms with Crippen LogP contribution in [0.25, 0.3) is 0 Å². The molecule has 1 heterocycles. The van der Waals surface area contributed by atoms with Crippen molar-refractivity contribution in [2.45, 2.75) is 30.8 Å². The summed E-state index contributed by atoms with van der Waals surface area (Å²) in [5, 5.41) is 15.3. The predicted octanol–water partition coefficient (Wildman–Crippen LogP) is 3.59. The maximum atomic E-state index is 13.3. The Morgan fingerprint density at radius 2 is 1.28 bits per heavy atom. The molecule has 6 nitrogen and oxygen atoms in total. The fourth-order valence-electron chi connectivity index (χ4n) is 4.68. The first kappa shape index (κ1) is 20.3. The molecule has 0 unspecified atom stereocenters. The van der Waals surface area contributed by atoms with Gasteiger partial charge in [0.05, 0.1) is 6.10 Å². The van der Waals surface area contributed by atoms with Gasteiger partial charge in [-0.15, -0.1) is 0 Å². The smallest absolute Gasteiger partial charge is 0.328 e. The standard InChI is InChI=1S/C21H18Br2N2O4/c22-13-5-1-3-11(7-13)16-9-15(26)10-17(12-4-2-6-14(23)8-12)21(16)18(27)24-20(29)25-19(21)28/h1-8,15-17,26H,9-10H2,(H2,24,25,27,28,29)/t16-,17-/m0/s1. The number of rotatable bonds is 2. The molecule has 1 saturated carbocycles. The van der Waals surface area contributed by atoms with Crippen LogP contribution in [0.3, 0.4) is 0 Å². The van der Waals surface area contributed by atoms with Crippen LogP contribution in [0, 0.1) is 5.41 Å². The molecule has 2 atom stereocenters. The minimum atomic E-state index is -1.56. The summed E-state index contributed by atoms with van der Waals surface area (Å²) >= 11 is 6.88. The van der Waals surface area contributed by atoms with Gasteiger partial charge in [-0.25, -0.2) is 4.79 Å². The second-order valence-electron chi connectivity index (χ2n) is 7.45. The maximum absolute atomic E-state index is 13.3. The van der Waals surface area contributed by atoms with Crippen LogP contribution in [0.4, 0.5) is 4.79 Å². The van der Waals surface area contributed by atoms with Crippen LogP contribution < -0.4 is 10.6 Å². The van der Waals surface area contributed by atoms with Crippen molar-refractivity contribution >= 4 is 49.7 Å². The van der Waals surface area contributed by atoms with E-state index in [4.69, 9.17) is 0 Å². The summed E-state index contributed by atoms with van der Waals surface area (Å²) in [6.07, 6.45) is -0.238. The van der Waals surface area contributed by atoms with Crippen molar-refractivity contribution in [2.75, 3.05) is 0 Å². The van der Waals surface area contributed by atoms with Crippen molar-refractivity contribution in [1.29, 1.82) is 0 Å². The Kier molecular flexibility index (Phi) is 5.35. The predicted molar refractivity (Wildman–Crippen MR) is 113 cm³/mol. The van der Waals surface area contributed by atoms with Gasteiger partial charge in [0, 0.05) is 20.8 Å². The van der Waals surface area contributed by atoms with E-state index < -0.39 is 41.2 Å². The molecule has 1 aliphatic carbocycles. The second kappa shape index (κ2) is 7.66. The van der Waals surface area contributed by atoms with Gasteiger partial charge in [-0.05, 0) is 48.2 Å². The Morgan fingerprint density at radius 1 is 0.828 bits per heavy atom. The Labute approximate surface area is 184 Å². The summed E-state index contributed by atoms with van der Waals surface area (Å²) in [4.78, 5) is 38.5. The Balaban J connectivity index is 1.95. The molecule has 1 aliphatic heterocycles. The van der Waals surface area contributed by atoms with Crippen LogP contribution in [0.2, 0.25) is 0 Å². The van der Waals surface area contributed by atoms with Crippen LogP contribution in [0.1, 0.15) is 35.8 Å². The SMILES string of the molecule is O=C1NC(=O)C2(C(=O)N1)[C@H](c1cccc(Br)c1)CC(O)C[C@H]2c1cccc(Br)c1. The van der Waals surface area contributed by atoms with Crippen LogP contribution in [0.5, 0.6) is 0 Å². The van der Waals surface area contributed by atoms with Gasteiger partial charge in [0.2, 0.25) is 11.8 Å². The van der Waals surface area contributed by atoms with Crippen molar-refractivity contribution in [3.8, 4) is 0 Å². The van der Waals surface area contributed by atoms with Crippen molar-refractivity contribution < 1.29 is 19.5 Å². The molecule has 8 heteroatoms. The number of hydrogen-bond acceptors (Lipinski definition) is 4. The number of nitrogens with one attached hydrogen (secondary N) is 2. The van der Waals surface area contributed by atoms with Crippen LogP contribution in [-0.2, 0) is 9.59 Å². The van der Waals surface area contributed by atoms with Gasteiger partial charge in [0.25, 0.3) is 0 Å². The number of amides is 4. The summed E-state index contributed by atoms with van der Waals surface area (Å²) in [7, 11) is 0. The molecule has 2 aromatic carbocycles. The van der Waals surface area contributed by atoms with E-state index >= 15 is 0 Å². The monoisotopic (exact) mass is 520 g/mol. The molecule has 150 valence electrons. The van der Waals surface area contributed by atoms with Crippen molar-refractivity contribution in [1.82, 2.24) is 10.6 Å². The molecule has 3 N–H and O–H groups in total. The number of aliphatic hydroxyl groups excluding tert-OH is 1. The van der Waals surface area contributed by atoms with E-state index in [0.29, 0.717) is 0 Å². The number of hydrogen-bond donors (Lipinski definition) is 3. The highest BCUT2D eigenvalue weighted by Crippen LogP contribution is 2.56. The zero-order valence-corrected chi connectivity index (χ0v) is 18.4. The Hall–Kier alpha value is -2.03. The second-order valence-corrected chi connectivity index (χ2v) is 9.28. The zero-order chi connectivity index (χ0) is 20.8. The van der Waals surface area contributed by atoms with Crippen LogP contribution >= 0.6 is 31.9 Å². The highest BCUT2D eigenvalue weighted by molar-refractivity contribution is 9.10. The summed E-state index contributed by atoms with van der Waals surface area (Å²) in [5.41, 5.74) is -0.0649. The van der Waals surface area contributed by atoms with Gasteiger partial charge in [0.15, 0.2) is 0 Å². The summed E-state index contributed by atoms with van der Waals surface area (Å²) in [6, 6.07) is 13.9. The third kappa shape index (κ3) is 3.43. The number of urea groups is 1. The maximum Gasteiger partial charge on any atom is 0.328 e. The number of imide groups is 2. The molecule has 2 aliphatic rings. The lowest BCUT2D eigenvalue weighted by Gasteiger charge is -2.50. The normalized spacial score (nSPS) is 26.2. The molecule has 1 spiro atoms. The average molecular weight is 522 g/mol. The number of benzene rings is 2. The fraction of sp³-hybridized carbons (Fsp3) is 0.286. The van der Waals surface area contributed by atoms with Crippen molar-refractivity contribution in [2.24, 2.45) is 5.41 Å². The summed E-state index contributed by atoms with van der Waals surface area (Å²) < 4.78 is 1.61. The van der Waals surface area contributed by atoms with E-state index in [9.17, 15) is 19.5 Å². The largest absolute Gasteiger partial charge is 0.393 e. The number of aliphatic hydroxyl groups is 1. The lowest BCUT2D eigenvalue weighted by Crippen LogP contribution is -2.68. The molecule has 0 bridgehead atoms. The highest BCUT2D eigenvalue weighted by Gasteiger charge is 2.63. The first-order valence-corrected chi connectivity index (χ1v) is 10.8. The highest BCUT2D eigenvalue weighted by atomic mass is 79.9. The lowest BCUT2D eigenvalue weighted by molar-refractivity contribution is -0.152. The van der Waals surface area contributed by atoms with Gasteiger partial charge in [0.1, 0.15) is 5.41 Å². The van der Waals surface area contributed by atoms with Gasteiger partial charge in [-0.3, -0.25) is 20.2 Å². The number of carbonyl (C=O) groups is 3. The minimum absolute atomic E-state index is 0.232. The molecule has 0 radical (unpaired) electrons. The average Bonchev–Trinajstić information content (AvgIpc) is 2.66. The first-order chi connectivity index (χ1) is 13.8. The molecule has 4 amide bonds. The molecule has 0 aromatic heterocycles. The van der Waals surface area contributed by atoms with Gasteiger partial charge < -0.3 is 5.11 Å². The topological polar surface area (TPSA) is 95.5 Å². The number of carbonyl (C=O) groups excluding carboxylic acids is 3. The van der Waals surface area contributed by atoms with E-state index in [-0.39, 0.29) is 12.8 Å². The third-order valence-electron chi connectivity index (χ3n) is 5.82. The molecule has 4 rings (SSSR count). The molecule has 1 saturated heterocycles. The van der Waals surface area contributed by atoms with E-state index in [1.807, 2.05) is 48.5 Å². The minimum Gasteiger partial charge on any atom is -0.393 e. The van der Waals surface area contributed by atoms with Gasteiger partial charge in [-0.2, -0.15) is 0 Å². The third-order valence-corrected chi connectivity index (χ3v) is 6.81.